The fraction of sp³-hybridized carbons (Fsp3) is 0.571. The molecule has 0 spiro atoms. The molecule has 4 heteroatoms. The van der Waals surface area contributed by atoms with Crippen LogP contribution in [0.25, 0.3) is 0 Å². The monoisotopic (exact) mass is 252 g/mol. The Kier molecular flexibility index (Phi) is 4.19. The summed E-state index contributed by atoms with van der Waals surface area (Å²) in [5, 5.41) is 3.30. The van der Waals surface area contributed by atoms with Crippen molar-refractivity contribution in [3.05, 3.63) is 30.1 Å². The summed E-state index contributed by atoms with van der Waals surface area (Å²) in [5.41, 5.74) is 6.19. The van der Waals surface area contributed by atoms with Crippen molar-refractivity contribution >= 4 is 5.69 Å². The highest BCUT2D eigenvalue weighted by Gasteiger charge is 2.35. The topological polar surface area (TPSA) is 47.3 Å². The Bertz CT molecular complexity index is 399. The van der Waals surface area contributed by atoms with Gasteiger partial charge in [-0.1, -0.05) is 12.1 Å². The van der Waals surface area contributed by atoms with Crippen LogP contribution in [0.5, 0.6) is 0 Å². The number of anilines is 1. The summed E-state index contributed by atoms with van der Waals surface area (Å²) < 4.78 is 19.1. The predicted molar refractivity (Wildman–Crippen MR) is 71.1 cm³/mol. The standard InChI is InChI=1S/C14H21FN2O/c1-18-11-5-4-8-14(9-11,10-16)17-13-7-3-2-6-12(13)15/h2-3,6-7,11,17H,4-5,8-10,16H2,1H3. The van der Waals surface area contributed by atoms with Gasteiger partial charge in [-0.05, 0) is 37.8 Å². The Balaban J connectivity index is 2.15. The van der Waals surface area contributed by atoms with Crippen molar-refractivity contribution in [1.82, 2.24) is 0 Å². The van der Waals surface area contributed by atoms with Gasteiger partial charge < -0.3 is 15.8 Å². The van der Waals surface area contributed by atoms with E-state index < -0.39 is 0 Å². The number of rotatable bonds is 4. The van der Waals surface area contributed by atoms with Crippen LogP contribution < -0.4 is 11.1 Å². The van der Waals surface area contributed by atoms with E-state index in [1.807, 2.05) is 6.07 Å². The maximum atomic E-state index is 13.7. The van der Waals surface area contributed by atoms with E-state index in [0.29, 0.717) is 12.2 Å². The molecule has 1 aliphatic carbocycles. The Hall–Kier alpha value is -1.13. The van der Waals surface area contributed by atoms with Gasteiger partial charge in [-0.2, -0.15) is 0 Å². The van der Waals surface area contributed by atoms with Crippen molar-refractivity contribution in [1.29, 1.82) is 0 Å². The van der Waals surface area contributed by atoms with E-state index in [4.69, 9.17) is 10.5 Å². The van der Waals surface area contributed by atoms with E-state index in [1.165, 1.54) is 6.07 Å². The number of halogens is 1. The van der Waals surface area contributed by atoms with Crippen molar-refractivity contribution < 1.29 is 9.13 Å². The first-order valence-electron chi connectivity index (χ1n) is 6.45. The number of methoxy groups -OCH3 is 1. The average Bonchev–Trinajstić information content (AvgIpc) is 2.42. The Morgan fingerprint density at radius 3 is 2.94 bits per heavy atom. The second-order valence-corrected chi connectivity index (χ2v) is 5.04. The van der Waals surface area contributed by atoms with E-state index in [9.17, 15) is 4.39 Å². The van der Waals surface area contributed by atoms with Crippen LogP contribution >= 0.6 is 0 Å². The van der Waals surface area contributed by atoms with Gasteiger partial charge in [0.15, 0.2) is 0 Å². The molecule has 0 radical (unpaired) electrons. The molecular weight excluding hydrogens is 231 g/mol. The Labute approximate surface area is 108 Å². The SMILES string of the molecule is COC1CCCC(CN)(Nc2ccccc2F)C1. The summed E-state index contributed by atoms with van der Waals surface area (Å²) in [6.07, 6.45) is 4.10. The zero-order valence-corrected chi connectivity index (χ0v) is 10.8. The summed E-state index contributed by atoms with van der Waals surface area (Å²) in [7, 11) is 1.72. The largest absolute Gasteiger partial charge is 0.381 e. The van der Waals surface area contributed by atoms with E-state index >= 15 is 0 Å². The molecule has 2 rings (SSSR count). The number of benzene rings is 1. The Morgan fingerprint density at radius 1 is 1.50 bits per heavy atom. The molecule has 1 saturated carbocycles. The molecule has 3 N–H and O–H groups in total. The lowest BCUT2D eigenvalue weighted by molar-refractivity contribution is 0.0482. The van der Waals surface area contributed by atoms with Crippen LogP contribution in [0.15, 0.2) is 24.3 Å². The fourth-order valence-corrected chi connectivity index (χ4v) is 2.71. The number of nitrogens with one attached hydrogen (secondary N) is 1. The van der Waals surface area contributed by atoms with Crippen LogP contribution in [-0.2, 0) is 4.74 Å². The molecule has 18 heavy (non-hydrogen) atoms. The van der Waals surface area contributed by atoms with Gasteiger partial charge in [0.1, 0.15) is 5.82 Å². The smallest absolute Gasteiger partial charge is 0.146 e. The van der Waals surface area contributed by atoms with Crippen molar-refractivity contribution in [2.45, 2.75) is 37.3 Å². The average molecular weight is 252 g/mol. The number of hydrogen-bond donors (Lipinski definition) is 2. The normalized spacial score (nSPS) is 28.1. The lowest BCUT2D eigenvalue weighted by atomic mass is 9.80. The molecule has 1 fully saturated rings. The lowest BCUT2D eigenvalue weighted by Crippen LogP contribution is -2.50. The summed E-state index contributed by atoms with van der Waals surface area (Å²) in [6, 6.07) is 6.73. The summed E-state index contributed by atoms with van der Waals surface area (Å²) in [4.78, 5) is 0. The van der Waals surface area contributed by atoms with Crippen LogP contribution in [0.4, 0.5) is 10.1 Å². The van der Waals surface area contributed by atoms with Gasteiger partial charge in [-0.15, -0.1) is 0 Å². The first-order valence-corrected chi connectivity index (χ1v) is 6.45. The van der Waals surface area contributed by atoms with Crippen LogP contribution in [0, 0.1) is 5.82 Å². The second kappa shape index (κ2) is 5.67. The van der Waals surface area contributed by atoms with Gasteiger partial charge in [0.25, 0.3) is 0 Å². The van der Waals surface area contributed by atoms with E-state index in [-0.39, 0.29) is 17.5 Å². The summed E-state index contributed by atoms with van der Waals surface area (Å²) in [6.45, 7) is 0.487. The molecule has 100 valence electrons. The van der Waals surface area contributed by atoms with Crippen molar-refractivity contribution in [2.75, 3.05) is 19.0 Å². The van der Waals surface area contributed by atoms with Crippen LogP contribution in [0.1, 0.15) is 25.7 Å². The van der Waals surface area contributed by atoms with Crippen molar-refractivity contribution in [3.8, 4) is 0 Å². The van der Waals surface area contributed by atoms with Crippen LogP contribution in [-0.4, -0.2) is 25.3 Å². The lowest BCUT2D eigenvalue weighted by Gasteiger charge is -2.41. The van der Waals surface area contributed by atoms with E-state index in [0.717, 1.165) is 25.7 Å². The van der Waals surface area contributed by atoms with Gasteiger partial charge in [0.05, 0.1) is 17.3 Å². The highest BCUT2D eigenvalue weighted by molar-refractivity contribution is 5.47. The van der Waals surface area contributed by atoms with E-state index in [1.54, 1.807) is 19.2 Å². The molecule has 0 aliphatic heterocycles. The Morgan fingerprint density at radius 2 is 2.28 bits per heavy atom. The zero-order chi connectivity index (χ0) is 13.0. The molecule has 1 aliphatic rings. The molecular formula is C14H21FN2O. The minimum Gasteiger partial charge on any atom is -0.381 e. The number of ether oxygens (including phenoxy) is 1. The van der Waals surface area contributed by atoms with Crippen molar-refractivity contribution in [3.63, 3.8) is 0 Å². The highest BCUT2D eigenvalue weighted by Crippen LogP contribution is 2.33. The molecule has 0 aromatic heterocycles. The molecule has 2 atom stereocenters. The highest BCUT2D eigenvalue weighted by atomic mass is 19.1. The van der Waals surface area contributed by atoms with Gasteiger partial charge in [0.2, 0.25) is 0 Å². The molecule has 0 amide bonds. The number of para-hydroxylation sites is 1. The molecule has 2 unspecified atom stereocenters. The molecule has 1 aromatic rings. The quantitative estimate of drug-likeness (QED) is 0.865. The van der Waals surface area contributed by atoms with Gasteiger partial charge >= 0.3 is 0 Å². The zero-order valence-electron chi connectivity index (χ0n) is 10.8. The van der Waals surface area contributed by atoms with Crippen LogP contribution in [0.2, 0.25) is 0 Å². The summed E-state index contributed by atoms with van der Waals surface area (Å²) >= 11 is 0. The molecule has 1 aromatic carbocycles. The third-order valence-electron chi connectivity index (χ3n) is 3.80. The predicted octanol–water partition coefficient (Wildman–Crippen LogP) is 2.52. The minimum absolute atomic E-state index is 0.210. The first-order chi connectivity index (χ1) is 8.69. The maximum absolute atomic E-state index is 13.7. The van der Waals surface area contributed by atoms with Gasteiger partial charge in [0, 0.05) is 13.7 Å². The molecule has 0 bridgehead atoms. The third-order valence-corrected chi connectivity index (χ3v) is 3.80. The maximum Gasteiger partial charge on any atom is 0.146 e. The van der Waals surface area contributed by atoms with Gasteiger partial charge in [-0.3, -0.25) is 0 Å². The fourth-order valence-electron chi connectivity index (χ4n) is 2.71. The molecule has 3 nitrogen and oxygen atoms in total. The minimum atomic E-state index is -0.249. The van der Waals surface area contributed by atoms with Gasteiger partial charge in [-0.25, -0.2) is 4.39 Å². The first kappa shape index (κ1) is 13.3. The van der Waals surface area contributed by atoms with Crippen LogP contribution in [0.3, 0.4) is 0 Å². The third kappa shape index (κ3) is 2.82. The molecule has 0 heterocycles. The summed E-state index contributed by atoms with van der Waals surface area (Å²) in [5.74, 6) is -0.232. The molecule has 0 saturated heterocycles. The van der Waals surface area contributed by atoms with Crippen molar-refractivity contribution in [2.24, 2.45) is 5.73 Å². The number of nitrogens with two attached hydrogens (primary N) is 1. The van der Waals surface area contributed by atoms with E-state index in [2.05, 4.69) is 5.32 Å². The number of hydrogen-bond acceptors (Lipinski definition) is 3. The second-order valence-electron chi connectivity index (χ2n) is 5.04.